The summed E-state index contributed by atoms with van der Waals surface area (Å²) in [5.41, 5.74) is 6.59. The van der Waals surface area contributed by atoms with Crippen LogP contribution in [0.2, 0.25) is 0 Å². The summed E-state index contributed by atoms with van der Waals surface area (Å²) in [6.45, 7) is 22.5. The molecule has 2 aromatic rings. The first kappa shape index (κ1) is 30.5. The fourth-order valence-corrected chi connectivity index (χ4v) is 5.16. The molecule has 1 heterocycles. The summed E-state index contributed by atoms with van der Waals surface area (Å²) < 4.78 is 0. The van der Waals surface area contributed by atoms with Gasteiger partial charge in [-0.2, -0.15) is 0 Å². The highest BCUT2D eigenvalue weighted by atomic mass is 16.3. The van der Waals surface area contributed by atoms with Crippen LogP contribution in [0.3, 0.4) is 0 Å². The molecule has 0 radical (unpaired) electrons. The Morgan fingerprint density at radius 3 is 1.39 bits per heavy atom. The Morgan fingerprint density at radius 1 is 0.605 bits per heavy atom. The molecule has 2 aromatic carbocycles. The van der Waals surface area contributed by atoms with Gasteiger partial charge in [0.15, 0.2) is 0 Å². The number of rotatable bonds is 0. The Balaban J connectivity index is 1.83. The standard InChI is InChI=1S/C33H53N3O2/c1-22-10-9-11-24-12-28(32(3,4)5)13-25(30(24)37)19-35-17-23(2)18-36-21-27-15-29(33(6,7)8)14-26(31(27)38)20-34-16-22/h12-15,22-23,34-38H,9-11,16-21H2,1-8H3. The van der Waals surface area contributed by atoms with Gasteiger partial charge in [-0.05, 0) is 78.3 Å². The minimum atomic E-state index is 0.0176. The van der Waals surface area contributed by atoms with Gasteiger partial charge in [0, 0.05) is 36.3 Å². The van der Waals surface area contributed by atoms with Crippen LogP contribution < -0.4 is 16.0 Å². The Morgan fingerprint density at radius 2 is 0.974 bits per heavy atom. The number of hydrogen-bond donors (Lipinski definition) is 5. The Bertz CT molecular complexity index is 917. The Hall–Kier alpha value is -2.08. The molecule has 5 N–H and O–H groups in total. The molecule has 0 fully saturated rings. The maximum Gasteiger partial charge on any atom is 0.124 e. The molecule has 0 aliphatic carbocycles. The maximum absolute atomic E-state index is 11.1. The fourth-order valence-electron chi connectivity index (χ4n) is 5.16. The van der Waals surface area contributed by atoms with Crippen LogP contribution in [0.25, 0.3) is 0 Å². The van der Waals surface area contributed by atoms with E-state index in [-0.39, 0.29) is 10.8 Å². The van der Waals surface area contributed by atoms with E-state index in [0.717, 1.165) is 61.2 Å². The maximum atomic E-state index is 11.1. The SMILES string of the molecule is CC1CCCc2cc(C(C)(C)C)cc(c2O)CNCC(C)CNCc2cc(C(C)(C)C)cc(c2O)CNC1. The highest BCUT2D eigenvalue weighted by molar-refractivity contribution is 5.47. The molecule has 0 spiro atoms. The number of aryl methyl sites for hydroxylation is 1. The van der Waals surface area contributed by atoms with Gasteiger partial charge in [0.1, 0.15) is 11.5 Å². The zero-order chi connectivity index (χ0) is 28.1. The van der Waals surface area contributed by atoms with E-state index in [0.29, 0.717) is 43.0 Å². The van der Waals surface area contributed by atoms with Gasteiger partial charge < -0.3 is 26.2 Å². The summed E-state index contributed by atoms with van der Waals surface area (Å²) in [7, 11) is 0. The summed E-state index contributed by atoms with van der Waals surface area (Å²) >= 11 is 0. The second-order valence-corrected chi connectivity index (χ2v) is 13.8. The van der Waals surface area contributed by atoms with Crippen LogP contribution >= 0.6 is 0 Å². The number of nitrogens with one attached hydrogen (secondary N) is 3. The van der Waals surface area contributed by atoms with Gasteiger partial charge in [0.05, 0.1) is 0 Å². The van der Waals surface area contributed by atoms with Crippen LogP contribution in [-0.2, 0) is 36.9 Å². The molecule has 212 valence electrons. The van der Waals surface area contributed by atoms with Crippen LogP contribution in [-0.4, -0.2) is 29.8 Å². The first-order chi connectivity index (χ1) is 17.8. The predicted molar refractivity (Wildman–Crippen MR) is 160 cm³/mol. The van der Waals surface area contributed by atoms with Gasteiger partial charge in [0.2, 0.25) is 0 Å². The topological polar surface area (TPSA) is 76.5 Å². The summed E-state index contributed by atoms with van der Waals surface area (Å²) in [5, 5.41) is 33.0. The van der Waals surface area contributed by atoms with Crippen LogP contribution in [0.5, 0.6) is 11.5 Å². The van der Waals surface area contributed by atoms with E-state index in [1.165, 1.54) is 11.1 Å². The van der Waals surface area contributed by atoms with E-state index in [1.807, 2.05) is 0 Å². The van der Waals surface area contributed by atoms with Crippen molar-refractivity contribution in [3.05, 3.63) is 57.6 Å². The van der Waals surface area contributed by atoms with Crippen molar-refractivity contribution in [3.8, 4) is 11.5 Å². The van der Waals surface area contributed by atoms with Crippen molar-refractivity contribution in [2.75, 3.05) is 19.6 Å². The largest absolute Gasteiger partial charge is 0.507 e. The van der Waals surface area contributed by atoms with Crippen molar-refractivity contribution < 1.29 is 10.2 Å². The lowest BCUT2D eigenvalue weighted by molar-refractivity contribution is 0.426. The lowest BCUT2D eigenvalue weighted by Gasteiger charge is -2.24. The van der Waals surface area contributed by atoms with Crippen molar-refractivity contribution in [3.63, 3.8) is 0 Å². The fraction of sp³-hybridized carbons (Fsp3) is 0.636. The molecule has 2 atom stereocenters. The molecular formula is C33H53N3O2. The zero-order valence-corrected chi connectivity index (χ0v) is 25.2. The molecule has 1 aliphatic rings. The van der Waals surface area contributed by atoms with E-state index in [4.69, 9.17) is 0 Å². The van der Waals surface area contributed by atoms with Crippen LogP contribution in [0.4, 0.5) is 0 Å². The van der Waals surface area contributed by atoms with E-state index in [9.17, 15) is 10.2 Å². The average Bonchev–Trinajstić information content (AvgIpc) is 2.81. The molecule has 5 heteroatoms. The normalized spacial score (nSPS) is 21.2. The number of phenols is 2. The number of phenolic OH excluding ortho intramolecular Hbond substituents is 2. The lowest BCUT2D eigenvalue weighted by atomic mass is 9.84. The monoisotopic (exact) mass is 523 g/mol. The van der Waals surface area contributed by atoms with E-state index in [2.05, 4.69) is 95.6 Å². The van der Waals surface area contributed by atoms with Crippen LogP contribution in [0, 0.1) is 11.8 Å². The van der Waals surface area contributed by atoms with Gasteiger partial charge in [0.25, 0.3) is 0 Å². The van der Waals surface area contributed by atoms with Crippen LogP contribution in [0.1, 0.15) is 102 Å². The number of fused-ring (bicyclic) bond motifs is 4. The third-order valence-corrected chi connectivity index (χ3v) is 7.84. The molecule has 38 heavy (non-hydrogen) atoms. The second kappa shape index (κ2) is 12.8. The molecule has 3 rings (SSSR count). The molecule has 0 saturated carbocycles. The summed E-state index contributed by atoms with van der Waals surface area (Å²) in [5.74, 6) is 1.78. The molecule has 4 bridgehead atoms. The van der Waals surface area contributed by atoms with E-state index < -0.39 is 0 Å². The van der Waals surface area contributed by atoms with Gasteiger partial charge >= 0.3 is 0 Å². The first-order valence-electron chi connectivity index (χ1n) is 14.6. The smallest absolute Gasteiger partial charge is 0.124 e. The predicted octanol–water partition coefficient (Wildman–Crippen LogP) is 6.27. The summed E-state index contributed by atoms with van der Waals surface area (Å²) in [4.78, 5) is 0. The molecule has 0 saturated heterocycles. The van der Waals surface area contributed by atoms with E-state index in [1.54, 1.807) is 0 Å². The minimum Gasteiger partial charge on any atom is -0.507 e. The van der Waals surface area contributed by atoms with E-state index >= 15 is 0 Å². The van der Waals surface area contributed by atoms with Gasteiger partial charge in [-0.1, -0.05) is 79.7 Å². The molecular weight excluding hydrogens is 470 g/mol. The lowest BCUT2D eigenvalue weighted by Crippen LogP contribution is -2.29. The van der Waals surface area contributed by atoms with Crippen molar-refractivity contribution >= 4 is 0 Å². The molecule has 2 unspecified atom stereocenters. The van der Waals surface area contributed by atoms with Crippen molar-refractivity contribution in [2.24, 2.45) is 11.8 Å². The van der Waals surface area contributed by atoms with Gasteiger partial charge in [-0.25, -0.2) is 0 Å². The highest BCUT2D eigenvalue weighted by Crippen LogP contribution is 2.33. The summed E-state index contributed by atoms with van der Waals surface area (Å²) in [6.07, 6.45) is 3.00. The zero-order valence-electron chi connectivity index (χ0n) is 25.2. The average molecular weight is 524 g/mol. The number of benzene rings is 2. The third-order valence-electron chi connectivity index (χ3n) is 7.84. The minimum absolute atomic E-state index is 0.0176. The number of hydrogen-bond acceptors (Lipinski definition) is 5. The number of aromatic hydroxyl groups is 2. The van der Waals surface area contributed by atoms with Gasteiger partial charge in [-0.15, -0.1) is 0 Å². The molecule has 5 nitrogen and oxygen atoms in total. The quantitative estimate of drug-likeness (QED) is 0.281. The van der Waals surface area contributed by atoms with Crippen molar-refractivity contribution in [1.29, 1.82) is 0 Å². The third kappa shape index (κ3) is 8.46. The molecule has 1 aliphatic heterocycles. The molecule has 0 aromatic heterocycles. The van der Waals surface area contributed by atoms with Crippen molar-refractivity contribution in [2.45, 2.75) is 105 Å². The first-order valence-corrected chi connectivity index (χ1v) is 14.6. The van der Waals surface area contributed by atoms with Crippen LogP contribution in [0.15, 0.2) is 24.3 Å². The Labute approximate surface area is 231 Å². The molecule has 0 amide bonds. The van der Waals surface area contributed by atoms with Crippen molar-refractivity contribution in [1.82, 2.24) is 16.0 Å². The second-order valence-electron chi connectivity index (χ2n) is 13.8. The highest BCUT2D eigenvalue weighted by Gasteiger charge is 2.21. The van der Waals surface area contributed by atoms with Gasteiger partial charge in [-0.3, -0.25) is 0 Å². The summed E-state index contributed by atoms with van der Waals surface area (Å²) in [6, 6.07) is 8.71. The Kier molecular flexibility index (Phi) is 10.3.